The van der Waals surface area contributed by atoms with Crippen molar-refractivity contribution >= 4 is 5.82 Å². The molecule has 0 saturated carbocycles. The zero-order chi connectivity index (χ0) is 21.8. The monoisotopic (exact) mass is 429 g/mol. The molecule has 1 saturated heterocycles. The average molecular weight is 429 g/mol. The van der Waals surface area contributed by atoms with Crippen LogP contribution in [0, 0.1) is 6.92 Å². The highest BCUT2D eigenvalue weighted by molar-refractivity contribution is 5.60. The van der Waals surface area contributed by atoms with Crippen molar-refractivity contribution in [3.05, 3.63) is 72.2 Å². The van der Waals surface area contributed by atoms with Crippen molar-refractivity contribution in [2.45, 2.75) is 13.5 Å². The molecule has 1 fully saturated rings. The Kier molecular flexibility index (Phi) is 5.71. The molecule has 0 atom stereocenters. The summed E-state index contributed by atoms with van der Waals surface area (Å²) in [5.74, 6) is 1.41. The fourth-order valence-corrected chi connectivity index (χ4v) is 3.50. The van der Waals surface area contributed by atoms with E-state index in [1.807, 2.05) is 42.6 Å². The number of aryl methyl sites for hydroxylation is 1. The van der Waals surface area contributed by atoms with Gasteiger partial charge in [0.25, 0.3) is 0 Å². The number of anilines is 1. The molecule has 0 N–H and O–H groups in total. The molecule has 0 bridgehead atoms. The molecule has 0 spiro atoms. The van der Waals surface area contributed by atoms with Crippen LogP contribution in [0.5, 0.6) is 6.01 Å². The highest BCUT2D eigenvalue weighted by Gasteiger charge is 2.17. The summed E-state index contributed by atoms with van der Waals surface area (Å²) in [4.78, 5) is 11.4. The minimum atomic E-state index is 0.230. The lowest BCUT2D eigenvalue weighted by Crippen LogP contribution is -2.37. The van der Waals surface area contributed by atoms with E-state index in [-0.39, 0.29) is 12.6 Å². The van der Waals surface area contributed by atoms with Gasteiger partial charge in [-0.1, -0.05) is 23.8 Å². The molecule has 4 aromatic rings. The minimum Gasteiger partial charge on any atom is -0.457 e. The quantitative estimate of drug-likeness (QED) is 0.462. The first-order valence-corrected chi connectivity index (χ1v) is 10.5. The smallest absolute Gasteiger partial charge is 0.320 e. The SMILES string of the molecule is Cc1cccc(-c2ccn(-c3cc(N4CCOCC4)nc(OCc4cccnn4)n3)n2)c1. The molecule has 32 heavy (non-hydrogen) atoms. The van der Waals surface area contributed by atoms with Gasteiger partial charge in [-0.2, -0.15) is 25.3 Å². The van der Waals surface area contributed by atoms with Crippen molar-refractivity contribution in [2.75, 3.05) is 31.2 Å². The summed E-state index contributed by atoms with van der Waals surface area (Å²) in [5, 5.41) is 12.7. The Labute approximate surface area is 185 Å². The highest BCUT2D eigenvalue weighted by atomic mass is 16.5. The van der Waals surface area contributed by atoms with Crippen LogP contribution in [0.4, 0.5) is 5.82 Å². The number of rotatable bonds is 6. The summed E-state index contributed by atoms with van der Waals surface area (Å²) in [5.41, 5.74) is 3.83. The normalized spacial score (nSPS) is 13.8. The Balaban J connectivity index is 1.46. The van der Waals surface area contributed by atoms with Crippen LogP contribution < -0.4 is 9.64 Å². The lowest BCUT2D eigenvalue weighted by atomic mass is 10.1. The molecular formula is C23H23N7O2. The number of aromatic nitrogens is 6. The van der Waals surface area contributed by atoms with Crippen molar-refractivity contribution in [3.63, 3.8) is 0 Å². The molecule has 0 radical (unpaired) electrons. The van der Waals surface area contributed by atoms with E-state index in [1.165, 1.54) is 5.56 Å². The molecule has 1 aliphatic heterocycles. The maximum Gasteiger partial charge on any atom is 0.320 e. The van der Waals surface area contributed by atoms with Gasteiger partial charge >= 0.3 is 6.01 Å². The van der Waals surface area contributed by atoms with Gasteiger partial charge in [0.05, 0.1) is 18.9 Å². The van der Waals surface area contributed by atoms with Gasteiger partial charge in [0, 0.05) is 37.1 Å². The molecule has 5 rings (SSSR count). The van der Waals surface area contributed by atoms with Crippen molar-refractivity contribution in [3.8, 4) is 23.1 Å². The number of morpholine rings is 1. The molecule has 3 aromatic heterocycles. The van der Waals surface area contributed by atoms with Gasteiger partial charge in [-0.3, -0.25) is 0 Å². The van der Waals surface area contributed by atoms with Gasteiger partial charge in [-0.05, 0) is 31.2 Å². The van der Waals surface area contributed by atoms with Crippen molar-refractivity contribution in [1.82, 2.24) is 29.9 Å². The van der Waals surface area contributed by atoms with E-state index in [2.05, 4.69) is 44.1 Å². The van der Waals surface area contributed by atoms with E-state index in [1.54, 1.807) is 10.9 Å². The fourth-order valence-electron chi connectivity index (χ4n) is 3.50. The van der Waals surface area contributed by atoms with Crippen molar-refractivity contribution in [1.29, 1.82) is 0 Å². The molecule has 9 nitrogen and oxygen atoms in total. The number of nitrogens with zero attached hydrogens (tertiary/aromatic N) is 7. The maximum absolute atomic E-state index is 5.87. The zero-order valence-electron chi connectivity index (χ0n) is 17.8. The second-order valence-electron chi connectivity index (χ2n) is 7.49. The molecule has 0 amide bonds. The zero-order valence-corrected chi connectivity index (χ0v) is 17.8. The van der Waals surface area contributed by atoms with Gasteiger partial charge in [-0.25, -0.2) is 4.68 Å². The van der Waals surface area contributed by atoms with E-state index >= 15 is 0 Å². The summed E-state index contributed by atoms with van der Waals surface area (Å²) < 4.78 is 13.1. The minimum absolute atomic E-state index is 0.230. The topological polar surface area (TPSA) is 91.1 Å². The first-order valence-electron chi connectivity index (χ1n) is 10.5. The number of benzene rings is 1. The van der Waals surface area contributed by atoms with E-state index in [4.69, 9.17) is 14.6 Å². The van der Waals surface area contributed by atoms with Gasteiger partial charge < -0.3 is 14.4 Å². The molecule has 0 aliphatic carbocycles. The Bertz CT molecular complexity index is 1190. The lowest BCUT2D eigenvalue weighted by Gasteiger charge is -2.28. The summed E-state index contributed by atoms with van der Waals surface area (Å²) in [6.45, 7) is 5.14. The molecule has 1 aromatic carbocycles. The standard InChI is InChI=1S/C23H23N7O2/c1-17-4-2-5-18(14-17)20-7-9-30(28-20)22-15-21(29-10-12-31-13-11-29)25-23(26-22)32-16-19-6-3-8-24-27-19/h2-9,14-15H,10-13,16H2,1H3. The fraction of sp³-hybridized carbons (Fsp3) is 0.261. The van der Waals surface area contributed by atoms with Crippen LogP contribution in [-0.4, -0.2) is 56.2 Å². The van der Waals surface area contributed by atoms with Crippen LogP contribution in [-0.2, 0) is 11.3 Å². The van der Waals surface area contributed by atoms with Gasteiger partial charge in [0.1, 0.15) is 18.1 Å². The Hall–Kier alpha value is -3.85. The number of ether oxygens (including phenoxy) is 2. The van der Waals surface area contributed by atoms with Crippen LogP contribution in [0.15, 0.2) is 60.9 Å². The second kappa shape index (κ2) is 9.11. The largest absolute Gasteiger partial charge is 0.457 e. The van der Waals surface area contributed by atoms with Crippen LogP contribution in [0.3, 0.4) is 0 Å². The van der Waals surface area contributed by atoms with Crippen LogP contribution >= 0.6 is 0 Å². The summed E-state index contributed by atoms with van der Waals surface area (Å²) >= 11 is 0. The second-order valence-corrected chi connectivity index (χ2v) is 7.49. The molecule has 0 unspecified atom stereocenters. The predicted octanol–water partition coefficient (Wildman–Crippen LogP) is 2.84. The average Bonchev–Trinajstić information content (AvgIpc) is 3.34. The maximum atomic E-state index is 5.87. The third-order valence-corrected chi connectivity index (χ3v) is 5.13. The summed E-state index contributed by atoms with van der Waals surface area (Å²) in [6.07, 6.45) is 3.52. The van der Waals surface area contributed by atoms with E-state index in [0.29, 0.717) is 24.7 Å². The van der Waals surface area contributed by atoms with Crippen LogP contribution in [0.1, 0.15) is 11.3 Å². The molecule has 9 heteroatoms. The molecular weight excluding hydrogens is 406 g/mol. The molecule has 1 aliphatic rings. The summed E-state index contributed by atoms with van der Waals surface area (Å²) in [7, 11) is 0. The Morgan fingerprint density at radius 2 is 1.88 bits per heavy atom. The van der Waals surface area contributed by atoms with Crippen molar-refractivity contribution < 1.29 is 9.47 Å². The predicted molar refractivity (Wildman–Crippen MR) is 119 cm³/mol. The van der Waals surface area contributed by atoms with E-state index in [9.17, 15) is 0 Å². The van der Waals surface area contributed by atoms with Crippen molar-refractivity contribution in [2.24, 2.45) is 0 Å². The van der Waals surface area contributed by atoms with Gasteiger partial charge in [0.2, 0.25) is 0 Å². The first kappa shape index (κ1) is 20.1. The highest BCUT2D eigenvalue weighted by Crippen LogP contribution is 2.23. The number of hydrogen-bond acceptors (Lipinski definition) is 8. The Morgan fingerprint density at radius 1 is 1.00 bits per heavy atom. The Morgan fingerprint density at radius 3 is 2.69 bits per heavy atom. The summed E-state index contributed by atoms with van der Waals surface area (Å²) in [6, 6.07) is 16.1. The van der Waals surface area contributed by atoms with Gasteiger partial charge in [-0.15, -0.1) is 0 Å². The molecule has 162 valence electrons. The van der Waals surface area contributed by atoms with E-state index in [0.717, 1.165) is 30.2 Å². The van der Waals surface area contributed by atoms with Crippen LogP contribution in [0.25, 0.3) is 17.1 Å². The van der Waals surface area contributed by atoms with Gasteiger partial charge in [0.15, 0.2) is 5.82 Å². The first-order chi connectivity index (χ1) is 15.7. The van der Waals surface area contributed by atoms with E-state index < -0.39 is 0 Å². The third-order valence-electron chi connectivity index (χ3n) is 5.13. The lowest BCUT2D eigenvalue weighted by molar-refractivity contribution is 0.122. The van der Waals surface area contributed by atoms with Crippen LogP contribution in [0.2, 0.25) is 0 Å². The molecule has 4 heterocycles. The third kappa shape index (κ3) is 4.57. The number of hydrogen-bond donors (Lipinski definition) is 0.